The molecule has 3 aromatic rings. The summed E-state index contributed by atoms with van der Waals surface area (Å²) in [7, 11) is 5.75. The maximum Gasteiger partial charge on any atom is 0.255 e. The number of nitrogens with zero attached hydrogens (tertiary/aromatic N) is 2. The lowest BCUT2D eigenvalue weighted by Gasteiger charge is -2.13. The second-order valence-corrected chi connectivity index (χ2v) is 7.95. The minimum atomic E-state index is -0.153. The van der Waals surface area contributed by atoms with Crippen molar-refractivity contribution in [2.45, 2.75) is 19.4 Å². The van der Waals surface area contributed by atoms with Crippen LogP contribution in [0.4, 0.5) is 5.69 Å². The molecule has 0 fully saturated rings. The highest BCUT2D eigenvalue weighted by Crippen LogP contribution is 2.24. The quantitative estimate of drug-likeness (QED) is 0.438. The van der Waals surface area contributed by atoms with Crippen LogP contribution in [0.2, 0.25) is 0 Å². The normalized spacial score (nSPS) is 10.8. The zero-order valence-corrected chi connectivity index (χ0v) is 18.8. The number of benzene rings is 3. The molecule has 0 saturated carbocycles. The Labute approximate surface area is 189 Å². The van der Waals surface area contributed by atoms with Crippen LogP contribution in [0.3, 0.4) is 0 Å². The molecule has 1 N–H and O–H groups in total. The van der Waals surface area contributed by atoms with Crippen molar-refractivity contribution in [1.82, 2.24) is 4.90 Å². The molecule has 0 atom stereocenters. The molecule has 0 aromatic heterocycles. The second-order valence-electron chi connectivity index (χ2n) is 7.95. The van der Waals surface area contributed by atoms with Gasteiger partial charge >= 0.3 is 0 Å². The van der Waals surface area contributed by atoms with Crippen molar-refractivity contribution < 1.29 is 9.53 Å². The number of nitroso groups, excluding NO2 is 1. The third kappa shape index (κ3) is 6.25. The van der Waals surface area contributed by atoms with Crippen molar-refractivity contribution in [2.75, 3.05) is 33.1 Å². The molecule has 0 unspecified atom stereocenters. The van der Waals surface area contributed by atoms with Gasteiger partial charge in [-0.05, 0) is 86.1 Å². The van der Waals surface area contributed by atoms with Gasteiger partial charge in [0.15, 0.2) is 0 Å². The minimum absolute atomic E-state index is 0.153. The molecule has 0 aliphatic rings. The van der Waals surface area contributed by atoms with E-state index in [2.05, 4.69) is 15.4 Å². The number of aryl methyl sites for hydroxylation is 1. The van der Waals surface area contributed by atoms with Gasteiger partial charge in [0.1, 0.15) is 12.3 Å². The van der Waals surface area contributed by atoms with Gasteiger partial charge in [-0.25, -0.2) is 0 Å². The highest BCUT2D eigenvalue weighted by molar-refractivity contribution is 6.04. The van der Waals surface area contributed by atoms with Gasteiger partial charge < -0.3 is 15.0 Å². The second kappa shape index (κ2) is 11.2. The number of carbonyl (C=O) groups excluding carboxylic acids is 1. The Morgan fingerprint density at radius 3 is 2.22 bits per heavy atom. The molecule has 3 rings (SSSR count). The van der Waals surface area contributed by atoms with Crippen LogP contribution in [-0.2, 0) is 13.0 Å². The lowest BCUT2D eigenvalue weighted by Crippen LogP contribution is -2.14. The molecule has 6 nitrogen and oxygen atoms in total. The maximum atomic E-state index is 12.8. The molecule has 32 heavy (non-hydrogen) atoms. The Kier molecular flexibility index (Phi) is 8.11. The maximum absolute atomic E-state index is 12.8. The summed E-state index contributed by atoms with van der Waals surface area (Å²) >= 11 is 0. The predicted octanol–water partition coefficient (Wildman–Crippen LogP) is 5.38. The Balaban J connectivity index is 1.68. The van der Waals surface area contributed by atoms with Gasteiger partial charge in [-0.15, -0.1) is 0 Å². The number of hydrogen-bond acceptors (Lipinski definition) is 5. The lowest BCUT2D eigenvalue weighted by molar-refractivity contribution is 0.102. The van der Waals surface area contributed by atoms with E-state index >= 15 is 0 Å². The van der Waals surface area contributed by atoms with Crippen LogP contribution in [0.15, 0.2) is 71.9 Å². The van der Waals surface area contributed by atoms with Crippen LogP contribution in [0.1, 0.15) is 27.9 Å². The average Bonchev–Trinajstić information content (AvgIpc) is 2.80. The summed E-state index contributed by atoms with van der Waals surface area (Å²) < 4.78 is 5.47. The fraction of sp³-hybridized carbons (Fsp3) is 0.269. The molecule has 0 bridgehead atoms. The molecule has 0 radical (unpaired) electrons. The molecular formula is C26H29N3O3. The number of ether oxygens (including phenoxy) is 1. The van der Waals surface area contributed by atoms with Crippen molar-refractivity contribution in [2.24, 2.45) is 5.18 Å². The molecular weight excluding hydrogens is 402 g/mol. The van der Waals surface area contributed by atoms with E-state index in [1.54, 1.807) is 13.2 Å². The minimum Gasteiger partial charge on any atom is -0.496 e. The number of methoxy groups -OCH3 is 1. The predicted molar refractivity (Wildman–Crippen MR) is 129 cm³/mol. The molecule has 1 amide bonds. The summed E-state index contributed by atoms with van der Waals surface area (Å²) in [5.41, 5.74) is 5.31. The van der Waals surface area contributed by atoms with Crippen LogP contribution < -0.4 is 10.1 Å². The number of hydrogen-bond donors (Lipinski definition) is 1. The highest BCUT2D eigenvalue weighted by Gasteiger charge is 2.11. The fourth-order valence-electron chi connectivity index (χ4n) is 3.53. The van der Waals surface area contributed by atoms with E-state index in [-0.39, 0.29) is 12.5 Å². The van der Waals surface area contributed by atoms with E-state index in [1.165, 1.54) is 0 Å². The van der Waals surface area contributed by atoms with E-state index in [0.717, 1.165) is 53.1 Å². The van der Waals surface area contributed by atoms with E-state index < -0.39 is 0 Å². The SMILES string of the molecule is COc1ccc(C(=O)Nc2ccc(-c3ccc(CN=O)cc3)cc2)cc1CCCN(C)C. The summed E-state index contributed by atoms with van der Waals surface area (Å²) in [6, 6.07) is 21.0. The smallest absolute Gasteiger partial charge is 0.255 e. The molecule has 3 aromatic carbocycles. The van der Waals surface area contributed by atoms with Gasteiger partial charge in [0, 0.05) is 11.3 Å². The van der Waals surface area contributed by atoms with Gasteiger partial charge in [-0.1, -0.05) is 41.6 Å². The van der Waals surface area contributed by atoms with Crippen LogP contribution in [0, 0.1) is 4.91 Å². The first kappa shape index (κ1) is 23.2. The molecule has 0 saturated heterocycles. The van der Waals surface area contributed by atoms with Crippen LogP contribution >= 0.6 is 0 Å². The molecule has 6 heteroatoms. The first-order valence-corrected chi connectivity index (χ1v) is 10.6. The Bertz CT molecular complexity index is 1040. The van der Waals surface area contributed by atoms with Crippen molar-refractivity contribution in [1.29, 1.82) is 0 Å². The van der Waals surface area contributed by atoms with Gasteiger partial charge in [-0.2, -0.15) is 4.91 Å². The van der Waals surface area contributed by atoms with Gasteiger partial charge in [-0.3, -0.25) is 4.79 Å². The van der Waals surface area contributed by atoms with Crippen molar-refractivity contribution in [3.05, 3.63) is 88.3 Å². The third-order valence-electron chi connectivity index (χ3n) is 5.27. The molecule has 0 aliphatic carbocycles. The van der Waals surface area contributed by atoms with E-state index in [9.17, 15) is 9.70 Å². The number of anilines is 1. The first-order chi connectivity index (χ1) is 15.5. The summed E-state index contributed by atoms with van der Waals surface area (Å²) in [5, 5.41) is 5.88. The summed E-state index contributed by atoms with van der Waals surface area (Å²) in [6.07, 6.45) is 1.83. The largest absolute Gasteiger partial charge is 0.496 e. The highest BCUT2D eigenvalue weighted by atomic mass is 16.5. The molecule has 0 aliphatic heterocycles. The third-order valence-corrected chi connectivity index (χ3v) is 5.27. The fourth-order valence-corrected chi connectivity index (χ4v) is 3.53. The molecule has 166 valence electrons. The van der Waals surface area contributed by atoms with E-state index in [4.69, 9.17) is 4.74 Å². The summed E-state index contributed by atoms with van der Waals surface area (Å²) in [4.78, 5) is 25.3. The average molecular weight is 432 g/mol. The Morgan fingerprint density at radius 1 is 0.969 bits per heavy atom. The van der Waals surface area contributed by atoms with E-state index in [1.807, 2.05) is 74.8 Å². The number of nitrogens with one attached hydrogen (secondary N) is 1. The monoisotopic (exact) mass is 431 g/mol. The zero-order valence-electron chi connectivity index (χ0n) is 18.8. The summed E-state index contributed by atoms with van der Waals surface area (Å²) in [5.74, 6) is 0.652. The standard InChI is InChI=1S/C26H29N3O3/c1-29(2)16-4-5-22-17-23(12-15-25(22)32-3)26(30)28-24-13-10-21(11-14-24)20-8-6-19(7-9-20)18-27-31/h6-15,17H,4-5,16,18H2,1-3H3,(H,28,30). The number of carbonyl (C=O) groups is 1. The van der Waals surface area contributed by atoms with E-state index in [0.29, 0.717) is 5.56 Å². The van der Waals surface area contributed by atoms with Crippen LogP contribution in [-0.4, -0.2) is 38.6 Å². The lowest BCUT2D eigenvalue weighted by atomic mass is 10.0. The Morgan fingerprint density at radius 2 is 1.62 bits per heavy atom. The number of rotatable bonds is 10. The molecule has 0 heterocycles. The summed E-state index contributed by atoms with van der Waals surface area (Å²) in [6.45, 7) is 1.15. The number of amides is 1. The van der Waals surface area contributed by atoms with Crippen LogP contribution in [0.5, 0.6) is 5.75 Å². The van der Waals surface area contributed by atoms with Crippen molar-refractivity contribution in [3.8, 4) is 16.9 Å². The first-order valence-electron chi connectivity index (χ1n) is 10.6. The van der Waals surface area contributed by atoms with Gasteiger partial charge in [0.25, 0.3) is 5.91 Å². The molecule has 0 spiro atoms. The van der Waals surface area contributed by atoms with Gasteiger partial charge in [0.2, 0.25) is 0 Å². The van der Waals surface area contributed by atoms with Crippen molar-refractivity contribution in [3.63, 3.8) is 0 Å². The van der Waals surface area contributed by atoms with Crippen molar-refractivity contribution >= 4 is 11.6 Å². The Hall–Kier alpha value is -3.51. The van der Waals surface area contributed by atoms with Crippen LogP contribution in [0.25, 0.3) is 11.1 Å². The van der Waals surface area contributed by atoms with Gasteiger partial charge in [0.05, 0.1) is 7.11 Å². The zero-order chi connectivity index (χ0) is 22.9. The topological polar surface area (TPSA) is 71.0 Å².